The molecule has 108 valence electrons. The Balaban J connectivity index is 3.52. The van der Waals surface area contributed by atoms with Crippen molar-refractivity contribution in [3.05, 3.63) is 0 Å². The standard InChI is InChI=1S/C12H23F3N2O/c1-3-4-8-17-11(18)10(2)16-9-6-5-7-12(13,14)15/h10,16H,3-9H2,1-2H3,(H,17,18). The van der Waals surface area contributed by atoms with Gasteiger partial charge in [-0.15, -0.1) is 0 Å². The number of alkyl halides is 3. The maximum absolute atomic E-state index is 11.9. The summed E-state index contributed by atoms with van der Waals surface area (Å²) >= 11 is 0. The van der Waals surface area contributed by atoms with E-state index >= 15 is 0 Å². The predicted molar refractivity (Wildman–Crippen MR) is 65.3 cm³/mol. The normalized spacial score (nSPS) is 13.4. The van der Waals surface area contributed by atoms with E-state index in [1.165, 1.54) is 0 Å². The number of nitrogens with one attached hydrogen (secondary N) is 2. The van der Waals surface area contributed by atoms with Gasteiger partial charge in [0, 0.05) is 13.0 Å². The maximum Gasteiger partial charge on any atom is 0.389 e. The van der Waals surface area contributed by atoms with Crippen molar-refractivity contribution < 1.29 is 18.0 Å². The van der Waals surface area contributed by atoms with Gasteiger partial charge in [0.25, 0.3) is 0 Å². The van der Waals surface area contributed by atoms with E-state index < -0.39 is 12.6 Å². The van der Waals surface area contributed by atoms with Gasteiger partial charge in [-0.05, 0) is 32.7 Å². The van der Waals surface area contributed by atoms with Crippen LogP contribution in [0.25, 0.3) is 0 Å². The van der Waals surface area contributed by atoms with Gasteiger partial charge in [0.05, 0.1) is 6.04 Å². The fourth-order valence-corrected chi connectivity index (χ4v) is 1.40. The molecule has 0 fully saturated rings. The lowest BCUT2D eigenvalue weighted by Crippen LogP contribution is -2.42. The van der Waals surface area contributed by atoms with Crippen LogP contribution in [0.2, 0.25) is 0 Å². The second-order valence-electron chi connectivity index (χ2n) is 4.39. The minimum absolute atomic E-state index is 0.0979. The molecule has 0 aromatic carbocycles. The zero-order chi connectivity index (χ0) is 14.0. The molecule has 0 aromatic rings. The van der Waals surface area contributed by atoms with E-state index in [0.717, 1.165) is 12.8 Å². The van der Waals surface area contributed by atoms with Crippen molar-refractivity contribution in [3.8, 4) is 0 Å². The van der Waals surface area contributed by atoms with Crippen molar-refractivity contribution in [2.75, 3.05) is 13.1 Å². The smallest absolute Gasteiger partial charge is 0.355 e. The van der Waals surface area contributed by atoms with Crippen LogP contribution in [0.15, 0.2) is 0 Å². The Kier molecular flexibility index (Phi) is 8.79. The van der Waals surface area contributed by atoms with Crippen molar-refractivity contribution in [1.29, 1.82) is 0 Å². The highest BCUT2D eigenvalue weighted by Gasteiger charge is 2.25. The largest absolute Gasteiger partial charge is 0.389 e. The highest BCUT2D eigenvalue weighted by Crippen LogP contribution is 2.21. The number of halogens is 3. The lowest BCUT2D eigenvalue weighted by atomic mass is 10.2. The van der Waals surface area contributed by atoms with Crippen LogP contribution in [0.5, 0.6) is 0 Å². The van der Waals surface area contributed by atoms with Gasteiger partial charge in [-0.1, -0.05) is 13.3 Å². The zero-order valence-corrected chi connectivity index (χ0v) is 11.1. The fraction of sp³-hybridized carbons (Fsp3) is 0.917. The molecular weight excluding hydrogens is 245 g/mol. The van der Waals surface area contributed by atoms with Crippen LogP contribution < -0.4 is 10.6 Å². The van der Waals surface area contributed by atoms with Gasteiger partial charge in [-0.25, -0.2) is 0 Å². The minimum Gasteiger partial charge on any atom is -0.355 e. The molecule has 2 N–H and O–H groups in total. The van der Waals surface area contributed by atoms with E-state index in [4.69, 9.17) is 0 Å². The molecule has 0 saturated heterocycles. The van der Waals surface area contributed by atoms with Crippen molar-refractivity contribution in [1.82, 2.24) is 10.6 Å². The summed E-state index contributed by atoms with van der Waals surface area (Å²) in [4.78, 5) is 11.5. The van der Waals surface area contributed by atoms with E-state index in [-0.39, 0.29) is 18.4 Å². The van der Waals surface area contributed by atoms with Gasteiger partial charge in [0.1, 0.15) is 0 Å². The number of amides is 1. The van der Waals surface area contributed by atoms with E-state index in [0.29, 0.717) is 19.5 Å². The first-order chi connectivity index (χ1) is 8.37. The molecular formula is C12H23F3N2O. The first-order valence-corrected chi connectivity index (χ1v) is 6.44. The van der Waals surface area contributed by atoms with Gasteiger partial charge < -0.3 is 10.6 Å². The lowest BCUT2D eigenvalue weighted by Gasteiger charge is -2.14. The molecule has 1 atom stereocenters. The summed E-state index contributed by atoms with van der Waals surface area (Å²) in [7, 11) is 0. The number of carbonyl (C=O) groups excluding carboxylic acids is 1. The summed E-state index contributed by atoms with van der Waals surface area (Å²) in [6, 6.07) is -0.354. The number of carbonyl (C=O) groups is 1. The molecule has 0 radical (unpaired) electrons. The quantitative estimate of drug-likeness (QED) is 0.631. The van der Waals surface area contributed by atoms with Crippen LogP contribution in [0.3, 0.4) is 0 Å². The summed E-state index contributed by atoms with van der Waals surface area (Å²) in [5, 5.41) is 5.68. The summed E-state index contributed by atoms with van der Waals surface area (Å²) in [5.74, 6) is -0.0979. The van der Waals surface area contributed by atoms with Crippen LogP contribution in [-0.2, 0) is 4.79 Å². The SMILES string of the molecule is CCCCNC(=O)C(C)NCCCCC(F)(F)F. The van der Waals surface area contributed by atoms with Gasteiger partial charge in [-0.2, -0.15) is 13.2 Å². The summed E-state index contributed by atoms with van der Waals surface area (Å²) in [6.45, 7) is 4.83. The van der Waals surface area contributed by atoms with Gasteiger partial charge in [-0.3, -0.25) is 4.79 Å². The van der Waals surface area contributed by atoms with Crippen molar-refractivity contribution in [2.24, 2.45) is 0 Å². The molecule has 0 heterocycles. The molecule has 6 heteroatoms. The summed E-state index contributed by atoms with van der Waals surface area (Å²) < 4.78 is 35.6. The Hall–Kier alpha value is -0.780. The molecule has 0 saturated carbocycles. The first-order valence-electron chi connectivity index (χ1n) is 6.44. The second-order valence-corrected chi connectivity index (χ2v) is 4.39. The van der Waals surface area contributed by atoms with Crippen LogP contribution in [0, 0.1) is 0 Å². The Labute approximate surface area is 107 Å². The Bertz CT molecular complexity index is 232. The Morgan fingerprint density at radius 3 is 2.39 bits per heavy atom. The molecule has 18 heavy (non-hydrogen) atoms. The van der Waals surface area contributed by atoms with Gasteiger partial charge in [0.2, 0.25) is 5.91 Å². The van der Waals surface area contributed by atoms with Gasteiger partial charge >= 0.3 is 6.18 Å². The molecule has 1 unspecified atom stereocenters. The predicted octanol–water partition coefficient (Wildman–Crippen LogP) is 2.61. The minimum atomic E-state index is -4.08. The van der Waals surface area contributed by atoms with E-state index in [9.17, 15) is 18.0 Å². The molecule has 0 aliphatic rings. The number of hydrogen-bond donors (Lipinski definition) is 2. The first kappa shape index (κ1) is 17.2. The van der Waals surface area contributed by atoms with Crippen molar-refractivity contribution in [2.45, 2.75) is 58.2 Å². The van der Waals surface area contributed by atoms with Crippen molar-refractivity contribution >= 4 is 5.91 Å². The highest BCUT2D eigenvalue weighted by atomic mass is 19.4. The monoisotopic (exact) mass is 268 g/mol. The summed E-state index contributed by atoms with van der Waals surface area (Å²) in [5.41, 5.74) is 0. The molecule has 1 amide bonds. The fourth-order valence-electron chi connectivity index (χ4n) is 1.40. The third kappa shape index (κ3) is 10.4. The second kappa shape index (κ2) is 9.19. The molecule has 0 aliphatic carbocycles. The number of unbranched alkanes of at least 4 members (excludes halogenated alkanes) is 2. The molecule has 0 spiro atoms. The highest BCUT2D eigenvalue weighted by molar-refractivity contribution is 5.81. The summed E-state index contributed by atoms with van der Waals surface area (Å²) in [6.07, 6.45) is -2.37. The van der Waals surface area contributed by atoms with Crippen molar-refractivity contribution in [3.63, 3.8) is 0 Å². The van der Waals surface area contributed by atoms with Crippen LogP contribution in [0.1, 0.15) is 46.0 Å². The Morgan fingerprint density at radius 1 is 1.17 bits per heavy atom. The van der Waals surface area contributed by atoms with Crippen LogP contribution in [-0.4, -0.2) is 31.2 Å². The topological polar surface area (TPSA) is 41.1 Å². The van der Waals surface area contributed by atoms with Gasteiger partial charge in [0.15, 0.2) is 0 Å². The molecule has 3 nitrogen and oxygen atoms in total. The molecule has 0 rings (SSSR count). The van der Waals surface area contributed by atoms with E-state index in [1.54, 1.807) is 6.92 Å². The maximum atomic E-state index is 11.9. The third-order valence-electron chi connectivity index (χ3n) is 2.56. The lowest BCUT2D eigenvalue weighted by molar-refractivity contribution is -0.135. The van der Waals surface area contributed by atoms with E-state index in [2.05, 4.69) is 10.6 Å². The average Bonchev–Trinajstić information content (AvgIpc) is 2.27. The number of rotatable bonds is 9. The molecule has 0 aliphatic heterocycles. The molecule has 0 aromatic heterocycles. The van der Waals surface area contributed by atoms with E-state index in [1.807, 2.05) is 6.92 Å². The Morgan fingerprint density at radius 2 is 1.83 bits per heavy atom. The van der Waals surface area contributed by atoms with Crippen LogP contribution >= 0.6 is 0 Å². The molecule has 0 bridgehead atoms. The third-order valence-corrected chi connectivity index (χ3v) is 2.56. The van der Waals surface area contributed by atoms with Crippen LogP contribution in [0.4, 0.5) is 13.2 Å². The zero-order valence-electron chi connectivity index (χ0n) is 11.1. The number of hydrogen-bond acceptors (Lipinski definition) is 2. The average molecular weight is 268 g/mol.